The van der Waals surface area contributed by atoms with E-state index in [9.17, 15) is 4.79 Å². The molecule has 1 aromatic heterocycles. The van der Waals surface area contributed by atoms with Gasteiger partial charge in [0.25, 0.3) is 0 Å². The SMILES string of the molecule is CC(=O)N1c2ccc(-c3cnn(C4CCNCC4)c3)c(OOC3CCCCC3)c2CC[C@@H]1C. The average molecular weight is 453 g/mol. The van der Waals surface area contributed by atoms with Gasteiger partial charge in [0, 0.05) is 35.9 Å². The number of rotatable bonds is 5. The van der Waals surface area contributed by atoms with Gasteiger partial charge in [-0.1, -0.05) is 19.3 Å². The quantitative estimate of drug-likeness (QED) is 0.521. The van der Waals surface area contributed by atoms with Gasteiger partial charge < -0.3 is 15.1 Å². The van der Waals surface area contributed by atoms with E-state index >= 15 is 0 Å². The first-order chi connectivity index (χ1) is 16.1. The fourth-order valence-electron chi connectivity index (χ4n) is 5.63. The first-order valence-electron chi connectivity index (χ1n) is 12.7. The van der Waals surface area contributed by atoms with Gasteiger partial charge in [0.15, 0.2) is 5.75 Å². The van der Waals surface area contributed by atoms with E-state index in [2.05, 4.69) is 35.3 Å². The summed E-state index contributed by atoms with van der Waals surface area (Å²) in [5.74, 6) is 0.815. The van der Waals surface area contributed by atoms with E-state index in [1.807, 2.05) is 11.1 Å². The number of piperidine rings is 1. The summed E-state index contributed by atoms with van der Waals surface area (Å²) >= 11 is 0. The van der Waals surface area contributed by atoms with Crippen molar-refractivity contribution < 1.29 is 14.6 Å². The molecule has 1 aliphatic carbocycles. The molecule has 1 atom stereocenters. The number of carbonyl (C=O) groups excluding carboxylic acids is 1. The van der Waals surface area contributed by atoms with Gasteiger partial charge in [0.1, 0.15) is 6.10 Å². The summed E-state index contributed by atoms with van der Waals surface area (Å²) < 4.78 is 2.10. The van der Waals surface area contributed by atoms with E-state index in [0.29, 0.717) is 6.04 Å². The first-order valence-corrected chi connectivity index (χ1v) is 12.7. The molecule has 178 valence electrons. The molecule has 7 nitrogen and oxygen atoms in total. The number of hydrogen-bond acceptors (Lipinski definition) is 5. The molecule has 7 heteroatoms. The number of benzene rings is 1. The second-order valence-corrected chi connectivity index (χ2v) is 9.85. The number of fused-ring (bicyclic) bond motifs is 1. The average Bonchev–Trinajstić information content (AvgIpc) is 3.33. The van der Waals surface area contributed by atoms with Crippen LogP contribution in [0, 0.1) is 0 Å². The lowest BCUT2D eigenvalue weighted by molar-refractivity contribution is -0.250. The lowest BCUT2D eigenvalue weighted by atomic mass is 9.92. The van der Waals surface area contributed by atoms with E-state index in [4.69, 9.17) is 14.9 Å². The van der Waals surface area contributed by atoms with Crippen LogP contribution in [0.1, 0.15) is 76.8 Å². The highest BCUT2D eigenvalue weighted by molar-refractivity contribution is 5.95. The van der Waals surface area contributed by atoms with Gasteiger partial charge in [0.05, 0.1) is 17.9 Å². The third-order valence-corrected chi connectivity index (χ3v) is 7.50. The Morgan fingerprint density at radius 1 is 1.09 bits per heavy atom. The van der Waals surface area contributed by atoms with E-state index in [-0.39, 0.29) is 18.1 Å². The van der Waals surface area contributed by atoms with Crippen molar-refractivity contribution in [3.05, 3.63) is 30.1 Å². The van der Waals surface area contributed by atoms with Gasteiger partial charge >= 0.3 is 0 Å². The van der Waals surface area contributed by atoms with Crippen LogP contribution >= 0.6 is 0 Å². The van der Waals surface area contributed by atoms with Crippen molar-refractivity contribution in [3.63, 3.8) is 0 Å². The molecule has 5 rings (SSSR count). The van der Waals surface area contributed by atoms with Crippen molar-refractivity contribution in [2.75, 3.05) is 18.0 Å². The number of nitrogens with one attached hydrogen (secondary N) is 1. The number of amides is 1. The van der Waals surface area contributed by atoms with Crippen LogP contribution in [0.15, 0.2) is 24.5 Å². The Kier molecular flexibility index (Phi) is 6.69. The van der Waals surface area contributed by atoms with Gasteiger partial charge in [-0.2, -0.15) is 9.99 Å². The van der Waals surface area contributed by atoms with Crippen molar-refractivity contribution in [2.45, 2.75) is 89.8 Å². The molecule has 1 N–H and O–H groups in total. The Morgan fingerprint density at radius 2 is 1.88 bits per heavy atom. The third-order valence-electron chi connectivity index (χ3n) is 7.50. The van der Waals surface area contributed by atoms with E-state index < -0.39 is 0 Å². The second kappa shape index (κ2) is 9.85. The molecule has 2 aliphatic heterocycles. The highest BCUT2D eigenvalue weighted by Gasteiger charge is 2.31. The third kappa shape index (κ3) is 4.66. The summed E-state index contributed by atoms with van der Waals surface area (Å²) in [6.07, 6.45) is 13.9. The molecule has 2 fully saturated rings. The van der Waals surface area contributed by atoms with Gasteiger partial charge in [0.2, 0.25) is 5.91 Å². The second-order valence-electron chi connectivity index (χ2n) is 9.85. The zero-order valence-corrected chi connectivity index (χ0v) is 19.9. The molecule has 33 heavy (non-hydrogen) atoms. The largest absolute Gasteiger partial charge is 0.336 e. The molecule has 1 amide bonds. The fraction of sp³-hybridized carbons (Fsp3) is 0.615. The predicted molar refractivity (Wildman–Crippen MR) is 128 cm³/mol. The topological polar surface area (TPSA) is 68.6 Å². The standard InChI is InChI=1S/C26H36N4O3/c1-18-8-9-24-25(30(18)19(2)31)11-10-23(26(24)33-32-22-6-4-3-5-7-22)20-16-28-29(17-20)21-12-14-27-15-13-21/h10-11,16-18,21-22,27H,3-9,12-15H2,1-2H3/t18-/m0/s1. The van der Waals surface area contributed by atoms with Crippen molar-refractivity contribution in [1.82, 2.24) is 15.1 Å². The Morgan fingerprint density at radius 3 is 2.64 bits per heavy atom. The highest BCUT2D eigenvalue weighted by atomic mass is 17.2. The van der Waals surface area contributed by atoms with Crippen LogP contribution in [0.4, 0.5) is 5.69 Å². The minimum atomic E-state index is 0.0640. The summed E-state index contributed by atoms with van der Waals surface area (Å²) in [7, 11) is 0. The monoisotopic (exact) mass is 452 g/mol. The van der Waals surface area contributed by atoms with Crippen LogP contribution in [-0.2, 0) is 16.1 Å². The van der Waals surface area contributed by atoms with E-state index in [1.165, 1.54) is 19.3 Å². The van der Waals surface area contributed by atoms with E-state index in [0.717, 1.165) is 79.7 Å². The smallest absolute Gasteiger partial charge is 0.224 e. The van der Waals surface area contributed by atoms with Crippen molar-refractivity contribution in [2.24, 2.45) is 0 Å². The van der Waals surface area contributed by atoms with Gasteiger partial charge in [-0.05, 0) is 70.7 Å². The van der Waals surface area contributed by atoms with E-state index in [1.54, 1.807) is 6.92 Å². The Hall–Kier alpha value is -2.38. The van der Waals surface area contributed by atoms with Gasteiger partial charge in [-0.15, -0.1) is 0 Å². The molecule has 3 heterocycles. The molecular formula is C26H36N4O3. The maximum atomic E-state index is 12.5. The zero-order chi connectivity index (χ0) is 22.8. The molecule has 3 aliphatic rings. The number of nitrogens with zero attached hydrogens (tertiary/aromatic N) is 3. The molecular weight excluding hydrogens is 416 g/mol. The predicted octanol–water partition coefficient (Wildman–Crippen LogP) is 4.81. The summed E-state index contributed by atoms with van der Waals surface area (Å²) in [4.78, 5) is 26.5. The van der Waals surface area contributed by atoms with Gasteiger partial charge in [-0.3, -0.25) is 9.48 Å². The number of anilines is 1. The molecule has 1 saturated carbocycles. The molecule has 1 saturated heterocycles. The molecule has 1 aromatic carbocycles. The maximum Gasteiger partial charge on any atom is 0.224 e. The Labute approximate surface area is 196 Å². The first kappa shape index (κ1) is 22.4. The lowest BCUT2D eigenvalue weighted by Gasteiger charge is -2.35. The minimum Gasteiger partial charge on any atom is -0.336 e. The minimum absolute atomic E-state index is 0.0640. The summed E-state index contributed by atoms with van der Waals surface area (Å²) in [6, 6.07) is 4.73. The normalized spacial score (nSPS) is 22.2. The van der Waals surface area contributed by atoms with Crippen LogP contribution in [0.3, 0.4) is 0 Å². The highest BCUT2D eigenvalue weighted by Crippen LogP contribution is 2.43. The molecule has 2 aromatic rings. The Balaban J connectivity index is 1.50. The number of hydrogen-bond donors (Lipinski definition) is 1. The fourth-order valence-corrected chi connectivity index (χ4v) is 5.63. The maximum absolute atomic E-state index is 12.5. The van der Waals surface area contributed by atoms with Crippen LogP contribution in [0.5, 0.6) is 5.75 Å². The van der Waals surface area contributed by atoms with Gasteiger partial charge in [-0.25, -0.2) is 0 Å². The zero-order valence-electron chi connectivity index (χ0n) is 19.9. The van der Waals surface area contributed by atoms with Crippen LogP contribution in [-0.4, -0.2) is 40.9 Å². The Bertz CT molecular complexity index is 976. The summed E-state index contributed by atoms with van der Waals surface area (Å²) in [6.45, 7) is 5.81. The lowest BCUT2D eigenvalue weighted by Crippen LogP contribution is -2.40. The van der Waals surface area contributed by atoms with Crippen LogP contribution < -0.4 is 15.1 Å². The van der Waals surface area contributed by atoms with Crippen molar-refractivity contribution in [1.29, 1.82) is 0 Å². The molecule has 0 radical (unpaired) electrons. The number of aromatic nitrogens is 2. The molecule has 0 spiro atoms. The van der Waals surface area contributed by atoms with Crippen LogP contribution in [0.25, 0.3) is 11.1 Å². The summed E-state index contributed by atoms with van der Waals surface area (Å²) in [5.41, 5.74) is 4.03. The molecule has 0 bridgehead atoms. The van der Waals surface area contributed by atoms with Crippen LogP contribution in [0.2, 0.25) is 0 Å². The number of carbonyl (C=O) groups is 1. The van der Waals surface area contributed by atoms with Crippen molar-refractivity contribution >= 4 is 11.6 Å². The summed E-state index contributed by atoms with van der Waals surface area (Å²) in [5, 5.41) is 8.12. The molecule has 0 unspecified atom stereocenters. The van der Waals surface area contributed by atoms with Crippen molar-refractivity contribution in [3.8, 4) is 16.9 Å².